The van der Waals surface area contributed by atoms with Crippen molar-refractivity contribution < 1.29 is 36.0 Å². The van der Waals surface area contributed by atoms with Crippen LogP contribution in [0.3, 0.4) is 0 Å². The molecule has 318 valence electrons. The molecule has 1 unspecified atom stereocenters. The molecule has 0 saturated carbocycles. The number of unbranched alkanes of at least 4 members (excludes halogenated alkanes) is 27. The second-order valence-corrected chi connectivity index (χ2v) is 14.1. The van der Waals surface area contributed by atoms with E-state index in [0.29, 0.717) is 4.90 Å². The SMILES string of the molecule is C=C[CH2-].C=C[CH2-].O.O=S([O-])c1ccccc1.[CH2-]CCCCCCCCCCC.[CH2-]CCCCCCCCCCC.[CH2-]CCCCCCCCCCC.[Ti]. The largest absolute Gasteiger partial charge is 0.768 e. The number of rotatable bonds is 28. The predicted molar refractivity (Wildman–Crippen MR) is 240 cm³/mol. The van der Waals surface area contributed by atoms with E-state index in [1.165, 1.54) is 186 Å². The topological polar surface area (TPSA) is 71.6 Å². The van der Waals surface area contributed by atoms with Gasteiger partial charge in [-0.1, -0.05) is 212 Å². The molecule has 1 aromatic carbocycles. The molecule has 1 aromatic rings. The molecule has 0 spiro atoms. The van der Waals surface area contributed by atoms with Crippen LogP contribution in [0, 0.1) is 34.6 Å². The average molecular weight is 797 g/mol. The zero-order valence-electron chi connectivity index (χ0n) is 35.9. The van der Waals surface area contributed by atoms with Crippen LogP contribution in [0.5, 0.6) is 0 Å². The summed E-state index contributed by atoms with van der Waals surface area (Å²) in [6.45, 7) is 31.3. The zero-order chi connectivity index (χ0) is 39.3. The van der Waals surface area contributed by atoms with E-state index in [1.807, 2.05) is 0 Å². The van der Waals surface area contributed by atoms with E-state index < -0.39 is 11.1 Å². The van der Waals surface area contributed by atoms with Crippen LogP contribution in [-0.2, 0) is 32.8 Å². The molecule has 1 rings (SSSR count). The summed E-state index contributed by atoms with van der Waals surface area (Å²) in [7, 11) is 0. The summed E-state index contributed by atoms with van der Waals surface area (Å²) in [4.78, 5) is 0.331. The first-order chi connectivity index (χ1) is 24.9. The summed E-state index contributed by atoms with van der Waals surface area (Å²) in [6, 6.07) is 8.23. The molecule has 0 saturated heterocycles. The molecule has 0 heterocycles. The van der Waals surface area contributed by atoms with E-state index in [4.69, 9.17) is 0 Å². The Morgan fingerprint density at radius 2 is 0.679 bits per heavy atom. The number of benzene rings is 1. The molecule has 0 radical (unpaired) electrons. The van der Waals surface area contributed by atoms with Gasteiger partial charge in [-0.3, -0.25) is 4.21 Å². The minimum absolute atomic E-state index is 0. The van der Waals surface area contributed by atoms with Crippen molar-refractivity contribution in [3.8, 4) is 0 Å². The molecule has 5 heteroatoms. The molecule has 2 N–H and O–H groups in total. The first-order valence-electron chi connectivity index (χ1n) is 21.2. The smallest absolute Gasteiger partial charge is 0.0248 e. The van der Waals surface area contributed by atoms with Crippen molar-refractivity contribution in [3.05, 3.63) is 90.3 Å². The molecule has 0 fully saturated rings. The van der Waals surface area contributed by atoms with Crippen molar-refractivity contribution in [1.29, 1.82) is 0 Å². The molecule has 0 aliphatic heterocycles. The maximum Gasteiger partial charge on any atom is 0.0248 e. The summed E-state index contributed by atoms with van der Waals surface area (Å²) in [5.74, 6) is 0. The summed E-state index contributed by atoms with van der Waals surface area (Å²) in [5, 5.41) is 0. The summed E-state index contributed by atoms with van der Waals surface area (Å²) >= 11 is -2.08. The Balaban J connectivity index is -0.000000100. The normalized spacial score (nSPS) is 9.79. The Labute approximate surface area is 353 Å². The molecule has 0 bridgehead atoms. The van der Waals surface area contributed by atoms with Crippen LogP contribution in [0.15, 0.2) is 60.5 Å². The fraction of sp³-hybridized carbons (Fsp3) is 0.688. The molecule has 53 heavy (non-hydrogen) atoms. The van der Waals surface area contributed by atoms with Gasteiger partial charge < -0.3 is 30.8 Å². The Morgan fingerprint density at radius 1 is 0.491 bits per heavy atom. The van der Waals surface area contributed by atoms with Crippen molar-refractivity contribution >= 4 is 11.1 Å². The van der Waals surface area contributed by atoms with Crippen LogP contribution in [0.2, 0.25) is 0 Å². The number of allylic oxidation sites excluding steroid dienone is 2. The first kappa shape index (κ1) is 67.0. The van der Waals surface area contributed by atoms with Gasteiger partial charge in [0.25, 0.3) is 0 Å². The second kappa shape index (κ2) is 72.5. The molecular weight excluding hydrogens is 704 g/mol. The summed E-state index contributed by atoms with van der Waals surface area (Å²) < 4.78 is 20.4. The number of hydrogen-bond acceptors (Lipinski definition) is 2. The monoisotopic (exact) mass is 797 g/mol. The Hall–Kier alpha value is -0.776. The van der Waals surface area contributed by atoms with Gasteiger partial charge in [-0.05, 0) is 23.2 Å². The van der Waals surface area contributed by atoms with E-state index in [1.54, 1.807) is 30.3 Å². The quantitative estimate of drug-likeness (QED) is 0.0367. The summed E-state index contributed by atoms with van der Waals surface area (Å²) in [6.07, 6.45) is 44.7. The van der Waals surface area contributed by atoms with Crippen molar-refractivity contribution in [2.45, 2.75) is 218 Å². The Morgan fingerprint density at radius 3 is 0.830 bits per heavy atom. The minimum atomic E-state index is -2.08. The third-order valence-electron chi connectivity index (χ3n) is 8.00. The van der Waals surface area contributed by atoms with Gasteiger partial charge >= 0.3 is 0 Å². The van der Waals surface area contributed by atoms with Crippen molar-refractivity contribution in [1.82, 2.24) is 0 Å². The molecule has 0 aromatic heterocycles. The van der Waals surface area contributed by atoms with E-state index >= 15 is 0 Å². The molecule has 3 nitrogen and oxygen atoms in total. The average Bonchev–Trinajstić information content (AvgIpc) is 3.14. The van der Waals surface area contributed by atoms with Gasteiger partial charge in [0.1, 0.15) is 0 Å². The number of hydrogen-bond donors (Lipinski definition) is 0. The maximum absolute atomic E-state index is 10.2. The van der Waals surface area contributed by atoms with Gasteiger partial charge in [-0.25, -0.2) is 39.2 Å². The van der Waals surface area contributed by atoms with Gasteiger partial charge in [0.15, 0.2) is 0 Å². The second-order valence-electron chi connectivity index (χ2n) is 13.2. The van der Waals surface area contributed by atoms with Crippen LogP contribution in [0.4, 0.5) is 0 Å². The third kappa shape index (κ3) is 84.9. The van der Waals surface area contributed by atoms with Gasteiger partial charge in [-0.15, -0.1) is 0 Å². The summed E-state index contributed by atoms with van der Waals surface area (Å²) in [5.41, 5.74) is 0. The van der Waals surface area contributed by atoms with Gasteiger partial charge in [0.2, 0.25) is 0 Å². The van der Waals surface area contributed by atoms with Crippen molar-refractivity contribution in [3.63, 3.8) is 0 Å². The van der Waals surface area contributed by atoms with E-state index in [2.05, 4.69) is 68.5 Å². The molecule has 0 aliphatic rings. The molecular formula is C48H92O3STi-6. The maximum atomic E-state index is 10.2. The molecule has 0 aliphatic carbocycles. The standard InChI is InChI=1S/3C12H25.C6H6O2S.2C3H5.H2O.Ti/c3*1-3-5-7-9-11-12-10-8-6-4-2;7-9(8)6-4-2-1-3-5-6;2*1-3-2;;/h3*1,3-12H2,2H3;1-5H,(H,7,8);2*3H,1-2H2;1H2;/q3*-1;;2*-1;;/p-1. The first-order valence-corrected chi connectivity index (χ1v) is 22.3. The van der Waals surface area contributed by atoms with Crippen LogP contribution >= 0.6 is 0 Å². The van der Waals surface area contributed by atoms with Gasteiger partial charge in [0, 0.05) is 26.6 Å². The van der Waals surface area contributed by atoms with E-state index in [-0.39, 0.29) is 27.2 Å². The van der Waals surface area contributed by atoms with Crippen LogP contribution in [-0.4, -0.2) is 14.2 Å². The van der Waals surface area contributed by atoms with Crippen LogP contribution < -0.4 is 0 Å². The Kier molecular flexibility index (Phi) is 91.6. The van der Waals surface area contributed by atoms with Gasteiger partial charge in [0.05, 0.1) is 0 Å². The molecule has 0 amide bonds. The predicted octanol–water partition coefficient (Wildman–Crippen LogP) is 16.3. The van der Waals surface area contributed by atoms with Gasteiger partial charge in [-0.2, -0.15) is 19.3 Å². The fourth-order valence-corrected chi connectivity index (χ4v) is 5.37. The van der Waals surface area contributed by atoms with Crippen molar-refractivity contribution in [2.24, 2.45) is 0 Å². The fourth-order valence-electron chi connectivity index (χ4n) is 4.99. The molecule has 1 atom stereocenters. The minimum Gasteiger partial charge on any atom is -0.768 e. The Bertz CT molecular complexity index is 630. The van der Waals surface area contributed by atoms with Crippen LogP contribution in [0.1, 0.15) is 213 Å². The van der Waals surface area contributed by atoms with Crippen molar-refractivity contribution in [2.75, 3.05) is 0 Å². The van der Waals surface area contributed by atoms with E-state index in [9.17, 15) is 8.76 Å². The van der Waals surface area contributed by atoms with Crippen LogP contribution in [0.25, 0.3) is 0 Å². The third-order valence-corrected chi connectivity index (χ3v) is 8.65. The zero-order valence-corrected chi connectivity index (χ0v) is 38.3. The van der Waals surface area contributed by atoms with E-state index in [0.717, 1.165) is 19.3 Å².